The fourth-order valence-corrected chi connectivity index (χ4v) is 3.90. The molecule has 2 aromatic carbocycles. The van der Waals surface area contributed by atoms with E-state index in [0.29, 0.717) is 6.54 Å². The summed E-state index contributed by atoms with van der Waals surface area (Å²) in [5, 5.41) is 11.8. The Balaban J connectivity index is 1.95. The van der Waals surface area contributed by atoms with E-state index in [-0.39, 0.29) is 11.5 Å². The van der Waals surface area contributed by atoms with Crippen LogP contribution in [-0.4, -0.2) is 22.6 Å². The minimum absolute atomic E-state index is 0.123. The van der Waals surface area contributed by atoms with Crippen LogP contribution >= 0.6 is 0 Å². The lowest BCUT2D eigenvalue weighted by molar-refractivity contribution is 0.0649. The van der Waals surface area contributed by atoms with Gasteiger partial charge < -0.3 is 14.4 Å². The summed E-state index contributed by atoms with van der Waals surface area (Å²) in [6, 6.07) is 13.8. The molecule has 1 aliphatic heterocycles. The van der Waals surface area contributed by atoms with Crippen molar-refractivity contribution in [1.82, 2.24) is 4.90 Å². The monoisotopic (exact) mass is 323 g/mol. The average molecular weight is 323 g/mol. The van der Waals surface area contributed by atoms with E-state index in [1.54, 1.807) is 4.90 Å². The van der Waals surface area contributed by atoms with Crippen LogP contribution in [0.15, 0.2) is 46.9 Å². The lowest BCUT2D eigenvalue weighted by atomic mass is 9.76. The maximum atomic E-state index is 11.8. The smallest absolute Gasteiger partial charge is 0.407 e. The highest BCUT2D eigenvalue weighted by Gasteiger charge is 2.37. The predicted octanol–water partition coefficient (Wildman–Crippen LogP) is 5.43. The molecule has 1 amide bonds. The minimum Gasteiger partial charge on any atom is -0.465 e. The number of benzene rings is 2. The average Bonchev–Trinajstić information content (AvgIpc) is 2.92. The molecule has 1 fully saturated rings. The van der Waals surface area contributed by atoms with Crippen LogP contribution in [0.2, 0.25) is 0 Å². The first-order valence-electron chi connectivity index (χ1n) is 8.36. The first-order chi connectivity index (χ1) is 11.5. The summed E-state index contributed by atoms with van der Waals surface area (Å²) in [7, 11) is 0. The highest BCUT2D eigenvalue weighted by atomic mass is 16.4. The number of nitrogens with zero attached hydrogens (tertiary/aromatic N) is 1. The Hall–Kier alpha value is -2.49. The molecule has 1 aromatic heterocycles. The molecule has 0 aliphatic carbocycles. The molecule has 4 heteroatoms. The summed E-state index contributed by atoms with van der Waals surface area (Å²) in [6.45, 7) is 5.00. The van der Waals surface area contributed by atoms with Gasteiger partial charge in [0.25, 0.3) is 0 Å². The van der Waals surface area contributed by atoms with Crippen LogP contribution in [0.4, 0.5) is 4.79 Å². The van der Waals surface area contributed by atoms with E-state index in [1.807, 2.05) is 42.5 Å². The summed E-state index contributed by atoms with van der Waals surface area (Å²) in [5.41, 5.74) is 2.84. The molecule has 1 saturated heterocycles. The van der Waals surface area contributed by atoms with Crippen molar-refractivity contribution in [1.29, 1.82) is 0 Å². The molecular formula is C20H21NO3. The number of rotatable bonds is 1. The third-order valence-electron chi connectivity index (χ3n) is 5.19. The molecule has 0 spiro atoms. The Morgan fingerprint density at radius 3 is 2.71 bits per heavy atom. The fraction of sp³-hybridized carbons (Fsp3) is 0.350. The van der Waals surface area contributed by atoms with Crippen LogP contribution < -0.4 is 0 Å². The van der Waals surface area contributed by atoms with Crippen molar-refractivity contribution in [2.75, 3.05) is 6.54 Å². The van der Waals surface area contributed by atoms with Gasteiger partial charge in [-0.3, -0.25) is 0 Å². The number of para-hydroxylation sites is 1. The van der Waals surface area contributed by atoms with E-state index in [1.165, 1.54) is 0 Å². The van der Waals surface area contributed by atoms with E-state index in [2.05, 4.69) is 13.8 Å². The molecule has 0 radical (unpaired) electrons. The van der Waals surface area contributed by atoms with E-state index in [4.69, 9.17) is 4.42 Å². The number of piperidine rings is 1. The standard InChI is InChI=1S/C20H21NO3/c1-20(2)10-11-21(19(22)23)15(12-20)13-7-5-9-17-18(13)14-6-3-4-8-16(14)24-17/h3-9,15H,10-12H2,1-2H3,(H,22,23). The lowest BCUT2D eigenvalue weighted by Gasteiger charge is -2.42. The van der Waals surface area contributed by atoms with Crippen molar-refractivity contribution in [2.24, 2.45) is 5.41 Å². The number of fused-ring (bicyclic) bond motifs is 3. The van der Waals surface area contributed by atoms with Gasteiger partial charge in [-0.05, 0) is 36.0 Å². The van der Waals surface area contributed by atoms with Crippen molar-refractivity contribution >= 4 is 28.0 Å². The van der Waals surface area contributed by atoms with Gasteiger partial charge in [-0.15, -0.1) is 0 Å². The number of amides is 1. The number of furan rings is 1. The van der Waals surface area contributed by atoms with E-state index in [9.17, 15) is 9.90 Å². The lowest BCUT2D eigenvalue weighted by Crippen LogP contribution is -2.42. The molecule has 4 nitrogen and oxygen atoms in total. The van der Waals surface area contributed by atoms with Crippen LogP contribution in [-0.2, 0) is 0 Å². The Kier molecular flexibility index (Phi) is 3.30. The van der Waals surface area contributed by atoms with Crippen molar-refractivity contribution in [2.45, 2.75) is 32.7 Å². The quantitative estimate of drug-likeness (QED) is 0.650. The maximum Gasteiger partial charge on any atom is 0.407 e. The molecule has 0 bridgehead atoms. The van der Waals surface area contributed by atoms with Crippen molar-refractivity contribution in [3.05, 3.63) is 48.0 Å². The summed E-state index contributed by atoms with van der Waals surface area (Å²) in [4.78, 5) is 13.4. The van der Waals surface area contributed by atoms with Crippen LogP contribution in [0.25, 0.3) is 21.9 Å². The zero-order valence-electron chi connectivity index (χ0n) is 14.0. The van der Waals surface area contributed by atoms with E-state index < -0.39 is 6.09 Å². The fourth-order valence-electron chi connectivity index (χ4n) is 3.90. The Labute approximate surface area is 140 Å². The van der Waals surface area contributed by atoms with Gasteiger partial charge in [-0.2, -0.15) is 0 Å². The van der Waals surface area contributed by atoms with Gasteiger partial charge in [0, 0.05) is 17.3 Å². The second kappa shape index (κ2) is 5.26. The highest BCUT2D eigenvalue weighted by molar-refractivity contribution is 6.06. The van der Waals surface area contributed by atoms with Gasteiger partial charge >= 0.3 is 6.09 Å². The van der Waals surface area contributed by atoms with Crippen molar-refractivity contribution in [3.8, 4) is 0 Å². The molecule has 1 atom stereocenters. The van der Waals surface area contributed by atoms with Gasteiger partial charge in [-0.25, -0.2) is 4.79 Å². The van der Waals surface area contributed by atoms with E-state index >= 15 is 0 Å². The molecule has 1 N–H and O–H groups in total. The Bertz CT molecular complexity index is 925. The second-order valence-corrected chi connectivity index (χ2v) is 7.43. The van der Waals surface area contributed by atoms with Crippen LogP contribution in [0, 0.1) is 5.41 Å². The SMILES string of the molecule is CC1(C)CCN(C(=O)O)C(c2cccc3oc4ccccc4c23)C1. The van der Waals surface area contributed by atoms with E-state index in [0.717, 1.165) is 40.3 Å². The van der Waals surface area contributed by atoms with Crippen LogP contribution in [0.3, 0.4) is 0 Å². The van der Waals surface area contributed by atoms with Gasteiger partial charge in [0.05, 0.1) is 6.04 Å². The first-order valence-corrected chi connectivity index (χ1v) is 8.36. The highest BCUT2D eigenvalue weighted by Crippen LogP contribution is 2.44. The van der Waals surface area contributed by atoms with Crippen molar-refractivity contribution < 1.29 is 14.3 Å². The molecule has 1 unspecified atom stereocenters. The number of carboxylic acid groups (broad SMARTS) is 1. The third kappa shape index (κ3) is 2.33. The summed E-state index contributed by atoms with van der Waals surface area (Å²) >= 11 is 0. The topological polar surface area (TPSA) is 53.7 Å². The zero-order chi connectivity index (χ0) is 16.9. The molecular weight excluding hydrogens is 302 g/mol. The molecule has 3 aromatic rings. The van der Waals surface area contributed by atoms with Crippen molar-refractivity contribution in [3.63, 3.8) is 0 Å². The van der Waals surface area contributed by atoms with Gasteiger partial charge in [0.1, 0.15) is 11.2 Å². The summed E-state index contributed by atoms with van der Waals surface area (Å²) in [5.74, 6) is 0. The molecule has 0 saturated carbocycles. The molecule has 124 valence electrons. The molecule has 4 rings (SSSR count). The second-order valence-electron chi connectivity index (χ2n) is 7.43. The Morgan fingerprint density at radius 1 is 1.17 bits per heavy atom. The number of carbonyl (C=O) groups is 1. The van der Waals surface area contributed by atoms with Crippen LogP contribution in [0.1, 0.15) is 38.3 Å². The molecule has 1 aliphatic rings. The predicted molar refractivity (Wildman–Crippen MR) is 94.2 cm³/mol. The zero-order valence-corrected chi connectivity index (χ0v) is 14.0. The summed E-state index contributed by atoms with van der Waals surface area (Å²) < 4.78 is 5.97. The third-order valence-corrected chi connectivity index (χ3v) is 5.19. The normalized spacial score (nSPS) is 20.6. The number of likely N-dealkylation sites (tertiary alicyclic amines) is 1. The Morgan fingerprint density at radius 2 is 1.92 bits per heavy atom. The summed E-state index contributed by atoms with van der Waals surface area (Å²) in [6.07, 6.45) is 0.857. The largest absolute Gasteiger partial charge is 0.465 e. The first kappa shape index (κ1) is 15.1. The molecule has 24 heavy (non-hydrogen) atoms. The minimum atomic E-state index is -0.847. The van der Waals surface area contributed by atoms with Gasteiger partial charge in [0.2, 0.25) is 0 Å². The van der Waals surface area contributed by atoms with Crippen LogP contribution in [0.5, 0.6) is 0 Å². The number of hydrogen-bond donors (Lipinski definition) is 1. The van der Waals surface area contributed by atoms with Gasteiger partial charge in [0.15, 0.2) is 0 Å². The molecule has 2 heterocycles. The van der Waals surface area contributed by atoms with Gasteiger partial charge in [-0.1, -0.05) is 44.2 Å². The maximum absolute atomic E-state index is 11.8. The number of hydrogen-bond acceptors (Lipinski definition) is 2.